The molecule has 6 nitrogen and oxygen atoms in total. The van der Waals surface area contributed by atoms with Crippen LogP contribution in [0.3, 0.4) is 0 Å². The number of hydrogen-bond acceptors (Lipinski definition) is 5. The van der Waals surface area contributed by atoms with Gasteiger partial charge in [-0.25, -0.2) is 4.79 Å². The number of rotatable bonds is 1. The van der Waals surface area contributed by atoms with E-state index in [1.54, 1.807) is 4.90 Å². The summed E-state index contributed by atoms with van der Waals surface area (Å²) in [5, 5.41) is 0. The van der Waals surface area contributed by atoms with Crippen LogP contribution >= 0.6 is 15.9 Å². The van der Waals surface area contributed by atoms with Gasteiger partial charge in [0.05, 0.1) is 5.69 Å². The SMILES string of the molecule is CC(C)(C)OC(=O)N1CCN(c2cc(Br)cc3c2OCCO3)CC1. The van der Waals surface area contributed by atoms with E-state index in [2.05, 4.69) is 20.8 Å². The standard InChI is InChI=1S/C17H23BrN2O4/c1-17(2,3)24-16(21)20-6-4-19(5-7-20)13-10-12(18)11-14-15(13)23-9-8-22-14/h10-11H,4-9H2,1-3H3. The lowest BCUT2D eigenvalue weighted by Crippen LogP contribution is -2.50. The van der Waals surface area contributed by atoms with Gasteiger partial charge in [0.25, 0.3) is 0 Å². The lowest BCUT2D eigenvalue weighted by atomic mass is 10.2. The second-order valence-corrected chi connectivity index (χ2v) is 7.82. The molecule has 1 fully saturated rings. The first-order valence-electron chi connectivity index (χ1n) is 8.15. The third kappa shape index (κ3) is 3.88. The monoisotopic (exact) mass is 398 g/mol. The third-order valence-electron chi connectivity index (χ3n) is 3.86. The second kappa shape index (κ2) is 6.70. The maximum atomic E-state index is 12.2. The van der Waals surface area contributed by atoms with Crippen LogP contribution in [0, 0.1) is 0 Å². The second-order valence-electron chi connectivity index (χ2n) is 6.90. The summed E-state index contributed by atoms with van der Waals surface area (Å²) in [6, 6.07) is 3.96. The van der Waals surface area contributed by atoms with Crippen LogP contribution in [0.25, 0.3) is 0 Å². The van der Waals surface area contributed by atoms with Crippen molar-refractivity contribution in [3.63, 3.8) is 0 Å². The molecular formula is C17H23BrN2O4. The molecule has 2 heterocycles. The number of carbonyl (C=O) groups is 1. The normalized spacial score (nSPS) is 17.7. The Kier molecular flexibility index (Phi) is 4.80. The minimum atomic E-state index is -0.469. The maximum absolute atomic E-state index is 12.2. The third-order valence-corrected chi connectivity index (χ3v) is 4.32. The summed E-state index contributed by atoms with van der Waals surface area (Å²) in [5.41, 5.74) is 0.533. The average Bonchev–Trinajstić information content (AvgIpc) is 2.52. The molecule has 0 atom stereocenters. The molecule has 1 aromatic rings. The first-order chi connectivity index (χ1) is 11.3. The number of hydrogen-bond donors (Lipinski definition) is 0. The number of anilines is 1. The molecule has 0 radical (unpaired) electrons. The fourth-order valence-corrected chi connectivity index (χ4v) is 3.22. The van der Waals surface area contributed by atoms with Gasteiger partial charge in [-0.15, -0.1) is 0 Å². The molecule has 1 aromatic carbocycles. The van der Waals surface area contributed by atoms with Gasteiger partial charge in [-0.2, -0.15) is 0 Å². The zero-order valence-electron chi connectivity index (χ0n) is 14.3. The summed E-state index contributed by atoms with van der Waals surface area (Å²) in [6.45, 7) is 9.46. The van der Waals surface area contributed by atoms with E-state index >= 15 is 0 Å². The van der Waals surface area contributed by atoms with Crippen molar-refractivity contribution in [1.82, 2.24) is 4.90 Å². The molecule has 2 aliphatic rings. The predicted molar refractivity (Wildman–Crippen MR) is 95.2 cm³/mol. The molecule has 1 amide bonds. The highest BCUT2D eigenvalue weighted by Crippen LogP contribution is 2.42. The Hall–Kier alpha value is -1.63. The molecule has 0 unspecified atom stereocenters. The van der Waals surface area contributed by atoms with Gasteiger partial charge in [0.2, 0.25) is 0 Å². The number of amides is 1. The van der Waals surface area contributed by atoms with E-state index < -0.39 is 5.60 Å². The molecule has 0 aliphatic carbocycles. The topological polar surface area (TPSA) is 51.2 Å². The summed E-state index contributed by atoms with van der Waals surface area (Å²) in [7, 11) is 0. The van der Waals surface area contributed by atoms with Crippen molar-refractivity contribution >= 4 is 27.7 Å². The highest BCUT2D eigenvalue weighted by molar-refractivity contribution is 9.10. The Bertz CT molecular complexity index is 622. The van der Waals surface area contributed by atoms with E-state index in [1.165, 1.54) is 0 Å². The molecular weight excluding hydrogens is 376 g/mol. The van der Waals surface area contributed by atoms with Crippen molar-refractivity contribution in [2.45, 2.75) is 26.4 Å². The molecule has 0 spiro atoms. The molecule has 0 N–H and O–H groups in total. The molecule has 2 aliphatic heterocycles. The van der Waals surface area contributed by atoms with Crippen LogP contribution in [0.5, 0.6) is 11.5 Å². The van der Waals surface area contributed by atoms with E-state index in [-0.39, 0.29) is 6.09 Å². The Balaban J connectivity index is 1.69. The molecule has 7 heteroatoms. The van der Waals surface area contributed by atoms with Crippen molar-refractivity contribution in [3.05, 3.63) is 16.6 Å². The summed E-state index contributed by atoms with van der Waals surface area (Å²) in [4.78, 5) is 16.2. The lowest BCUT2D eigenvalue weighted by molar-refractivity contribution is 0.0240. The number of ether oxygens (including phenoxy) is 3. The summed E-state index contributed by atoms with van der Waals surface area (Å²) in [6.07, 6.45) is -0.252. The van der Waals surface area contributed by atoms with Gasteiger partial charge >= 0.3 is 6.09 Å². The van der Waals surface area contributed by atoms with E-state index in [0.29, 0.717) is 26.3 Å². The smallest absolute Gasteiger partial charge is 0.410 e. The summed E-state index contributed by atoms with van der Waals surface area (Å²) in [5.74, 6) is 1.55. The zero-order valence-corrected chi connectivity index (χ0v) is 15.9. The summed E-state index contributed by atoms with van der Waals surface area (Å²) < 4.78 is 17.9. The number of halogens is 1. The molecule has 24 heavy (non-hydrogen) atoms. The lowest BCUT2D eigenvalue weighted by Gasteiger charge is -2.38. The minimum absolute atomic E-state index is 0.252. The van der Waals surface area contributed by atoms with E-state index in [1.807, 2.05) is 32.9 Å². The largest absolute Gasteiger partial charge is 0.486 e. The van der Waals surface area contributed by atoms with Crippen molar-refractivity contribution in [2.24, 2.45) is 0 Å². The molecule has 0 aromatic heterocycles. The van der Waals surface area contributed by atoms with Gasteiger partial charge in [0.1, 0.15) is 18.8 Å². The van der Waals surface area contributed by atoms with Gasteiger partial charge in [-0.05, 0) is 32.9 Å². The Morgan fingerprint density at radius 3 is 2.46 bits per heavy atom. The molecule has 3 rings (SSSR count). The van der Waals surface area contributed by atoms with E-state index in [9.17, 15) is 4.79 Å². The van der Waals surface area contributed by atoms with E-state index in [0.717, 1.165) is 34.7 Å². The van der Waals surface area contributed by atoms with Crippen LogP contribution in [0.4, 0.5) is 10.5 Å². The van der Waals surface area contributed by atoms with Gasteiger partial charge in [0, 0.05) is 30.7 Å². The Morgan fingerprint density at radius 2 is 1.79 bits per heavy atom. The van der Waals surface area contributed by atoms with Crippen LogP contribution < -0.4 is 14.4 Å². The fourth-order valence-electron chi connectivity index (χ4n) is 2.79. The molecule has 0 saturated carbocycles. The number of carbonyl (C=O) groups excluding carboxylic acids is 1. The van der Waals surface area contributed by atoms with Crippen LogP contribution in [-0.2, 0) is 4.74 Å². The zero-order chi connectivity index (χ0) is 17.3. The van der Waals surface area contributed by atoms with Crippen molar-refractivity contribution in [1.29, 1.82) is 0 Å². The van der Waals surface area contributed by atoms with Crippen LogP contribution in [0.1, 0.15) is 20.8 Å². The van der Waals surface area contributed by atoms with Crippen LogP contribution in [0.2, 0.25) is 0 Å². The molecule has 0 bridgehead atoms. The maximum Gasteiger partial charge on any atom is 0.410 e. The van der Waals surface area contributed by atoms with Crippen molar-refractivity contribution in [2.75, 3.05) is 44.3 Å². The highest BCUT2D eigenvalue weighted by Gasteiger charge is 2.28. The van der Waals surface area contributed by atoms with Gasteiger partial charge in [-0.3, -0.25) is 0 Å². The van der Waals surface area contributed by atoms with Gasteiger partial charge in [-0.1, -0.05) is 15.9 Å². The quantitative estimate of drug-likeness (QED) is 0.726. The number of benzene rings is 1. The average molecular weight is 399 g/mol. The number of piperazine rings is 1. The van der Waals surface area contributed by atoms with Crippen LogP contribution in [-0.4, -0.2) is 56.0 Å². The highest BCUT2D eigenvalue weighted by atomic mass is 79.9. The number of nitrogens with zero attached hydrogens (tertiary/aromatic N) is 2. The van der Waals surface area contributed by atoms with Crippen molar-refractivity contribution in [3.8, 4) is 11.5 Å². The first-order valence-corrected chi connectivity index (χ1v) is 8.95. The first kappa shape index (κ1) is 17.2. The Morgan fingerprint density at radius 1 is 1.12 bits per heavy atom. The fraction of sp³-hybridized carbons (Fsp3) is 0.588. The molecule has 1 saturated heterocycles. The van der Waals surface area contributed by atoms with Gasteiger partial charge < -0.3 is 24.0 Å². The number of fused-ring (bicyclic) bond motifs is 1. The molecule has 132 valence electrons. The summed E-state index contributed by atoms with van der Waals surface area (Å²) >= 11 is 3.53. The van der Waals surface area contributed by atoms with E-state index in [4.69, 9.17) is 14.2 Å². The van der Waals surface area contributed by atoms with Gasteiger partial charge in [0.15, 0.2) is 11.5 Å². The van der Waals surface area contributed by atoms with Crippen molar-refractivity contribution < 1.29 is 19.0 Å². The predicted octanol–water partition coefficient (Wildman–Crippen LogP) is 3.28. The Labute approximate surface area is 150 Å². The minimum Gasteiger partial charge on any atom is -0.486 e. The van der Waals surface area contributed by atoms with Crippen LogP contribution in [0.15, 0.2) is 16.6 Å².